The van der Waals surface area contributed by atoms with Crippen LogP contribution >= 0.6 is 0 Å². The highest BCUT2D eigenvalue weighted by molar-refractivity contribution is 7.87. The van der Waals surface area contributed by atoms with Crippen molar-refractivity contribution in [1.29, 1.82) is 0 Å². The molecular weight excluding hydrogens is 280 g/mol. The van der Waals surface area contributed by atoms with Crippen LogP contribution in [0.2, 0.25) is 0 Å². The van der Waals surface area contributed by atoms with Gasteiger partial charge in [0.2, 0.25) is 0 Å². The number of aliphatic hydroxyl groups excluding tert-OH is 1. The summed E-state index contributed by atoms with van der Waals surface area (Å²) in [4.78, 5) is 0. The van der Waals surface area contributed by atoms with Crippen molar-refractivity contribution in [1.82, 2.24) is 9.03 Å². The van der Waals surface area contributed by atoms with Gasteiger partial charge < -0.3 is 9.84 Å². The summed E-state index contributed by atoms with van der Waals surface area (Å²) in [5.74, 6) is 0. The van der Waals surface area contributed by atoms with Crippen molar-refractivity contribution in [2.45, 2.75) is 12.5 Å². The van der Waals surface area contributed by atoms with E-state index in [4.69, 9.17) is 4.74 Å². The molecule has 1 aromatic carbocycles. The Morgan fingerprint density at radius 1 is 1.25 bits per heavy atom. The second-order valence-corrected chi connectivity index (χ2v) is 6.41. The minimum absolute atomic E-state index is 0.238. The minimum atomic E-state index is -3.57. The number of benzene rings is 1. The van der Waals surface area contributed by atoms with Gasteiger partial charge in [0, 0.05) is 13.1 Å². The Hall–Kier alpha value is -0.990. The molecule has 0 amide bonds. The average Bonchev–Trinajstić information content (AvgIpc) is 2.48. The summed E-state index contributed by atoms with van der Waals surface area (Å²) >= 11 is 0. The minimum Gasteiger partial charge on any atom is -0.395 e. The van der Waals surface area contributed by atoms with Crippen LogP contribution in [0.5, 0.6) is 0 Å². The molecule has 0 aliphatic carbocycles. The maximum atomic E-state index is 12.2. The summed E-state index contributed by atoms with van der Waals surface area (Å²) in [6, 6.07) is 8.97. The molecule has 1 atom stereocenters. The van der Waals surface area contributed by atoms with Gasteiger partial charge in [-0.2, -0.15) is 17.4 Å². The Morgan fingerprint density at radius 3 is 2.50 bits per heavy atom. The topological polar surface area (TPSA) is 78.9 Å². The summed E-state index contributed by atoms with van der Waals surface area (Å²) in [5.41, 5.74) is 0.983. The second kappa shape index (κ2) is 7.14. The molecule has 2 N–H and O–H groups in total. The first kappa shape index (κ1) is 15.4. The van der Waals surface area contributed by atoms with E-state index in [0.29, 0.717) is 32.7 Å². The number of hydrogen-bond donors (Lipinski definition) is 2. The van der Waals surface area contributed by atoms with Crippen LogP contribution in [0.15, 0.2) is 30.3 Å². The Balaban J connectivity index is 1.98. The van der Waals surface area contributed by atoms with Crippen LogP contribution in [-0.2, 0) is 21.4 Å². The van der Waals surface area contributed by atoms with Gasteiger partial charge in [-0.3, -0.25) is 0 Å². The molecule has 1 aliphatic heterocycles. The van der Waals surface area contributed by atoms with E-state index in [2.05, 4.69) is 4.72 Å². The molecule has 1 aromatic rings. The molecule has 2 rings (SSSR count). The summed E-state index contributed by atoms with van der Waals surface area (Å²) in [5, 5.41) is 9.38. The van der Waals surface area contributed by atoms with E-state index in [9.17, 15) is 13.5 Å². The lowest BCUT2D eigenvalue weighted by Gasteiger charge is -2.28. The summed E-state index contributed by atoms with van der Waals surface area (Å²) in [6.07, 6.45) is 0.459. The van der Waals surface area contributed by atoms with Crippen LogP contribution in [0.3, 0.4) is 0 Å². The van der Waals surface area contributed by atoms with Crippen molar-refractivity contribution < 1.29 is 18.3 Å². The highest BCUT2D eigenvalue weighted by atomic mass is 32.2. The Bertz CT molecular complexity index is 500. The van der Waals surface area contributed by atoms with Crippen molar-refractivity contribution in [2.75, 3.05) is 32.9 Å². The largest absolute Gasteiger partial charge is 0.395 e. The molecule has 0 radical (unpaired) electrons. The second-order valence-electron chi connectivity index (χ2n) is 4.70. The molecule has 0 bridgehead atoms. The highest BCUT2D eigenvalue weighted by Gasteiger charge is 2.26. The third-order valence-corrected chi connectivity index (χ3v) is 4.85. The van der Waals surface area contributed by atoms with E-state index in [0.717, 1.165) is 5.56 Å². The molecule has 1 saturated heterocycles. The Labute approximate surface area is 119 Å². The first-order chi connectivity index (χ1) is 9.62. The van der Waals surface area contributed by atoms with Gasteiger partial charge in [0.05, 0.1) is 25.9 Å². The van der Waals surface area contributed by atoms with Gasteiger partial charge in [-0.1, -0.05) is 30.3 Å². The maximum Gasteiger partial charge on any atom is 0.279 e. The van der Waals surface area contributed by atoms with E-state index in [-0.39, 0.29) is 6.61 Å². The lowest BCUT2D eigenvalue weighted by atomic mass is 10.1. The summed E-state index contributed by atoms with van der Waals surface area (Å²) in [6.45, 7) is 1.27. The van der Waals surface area contributed by atoms with E-state index in [1.165, 1.54) is 4.31 Å². The Morgan fingerprint density at radius 2 is 1.90 bits per heavy atom. The summed E-state index contributed by atoms with van der Waals surface area (Å²) in [7, 11) is -3.57. The fourth-order valence-corrected chi connectivity index (χ4v) is 3.47. The van der Waals surface area contributed by atoms with Gasteiger partial charge in [-0.25, -0.2) is 0 Å². The van der Waals surface area contributed by atoms with Crippen LogP contribution in [0, 0.1) is 0 Å². The van der Waals surface area contributed by atoms with Crippen LogP contribution in [0.4, 0.5) is 0 Å². The lowest BCUT2D eigenvalue weighted by Crippen LogP contribution is -2.50. The number of ether oxygens (including phenoxy) is 1. The monoisotopic (exact) mass is 300 g/mol. The van der Waals surface area contributed by atoms with Gasteiger partial charge in [0.25, 0.3) is 10.2 Å². The zero-order valence-electron chi connectivity index (χ0n) is 11.2. The first-order valence-corrected chi connectivity index (χ1v) is 8.06. The number of rotatable bonds is 6. The van der Waals surface area contributed by atoms with Gasteiger partial charge in [0.1, 0.15) is 0 Å². The third-order valence-electron chi connectivity index (χ3n) is 3.17. The van der Waals surface area contributed by atoms with E-state index < -0.39 is 16.3 Å². The smallest absolute Gasteiger partial charge is 0.279 e. The zero-order chi connectivity index (χ0) is 14.4. The van der Waals surface area contributed by atoms with Crippen molar-refractivity contribution in [2.24, 2.45) is 0 Å². The normalized spacial score (nSPS) is 18.9. The van der Waals surface area contributed by atoms with Gasteiger partial charge in [-0.05, 0) is 12.0 Å². The van der Waals surface area contributed by atoms with E-state index in [1.807, 2.05) is 30.3 Å². The average molecular weight is 300 g/mol. The van der Waals surface area contributed by atoms with Gasteiger partial charge >= 0.3 is 0 Å². The van der Waals surface area contributed by atoms with Crippen molar-refractivity contribution in [3.05, 3.63) is 35.9 Å². The van der Waals surface area contributed by atoms with E-state index in [1.54, 1.807) is 0 Å². The molecular formula is C13H20N2O4S. The molecule has 0 unspecified atom stereocenters. The van der Waals surface area contributed by atoms with E-state index >= 15 is 0 Å². The maximum absolute atomic E-state index is 12.2. The molecule has 20 heavy (non-hydrogen) atoms. The predicted octanol–water partition coefficient (Wildman–Crippen LogP) is -0.243. The van der Waals surface area contributed by atoms with Crippen LogP contribution in [0.1, 0.15) is 5.56 Å². The number of aliphatic hydroxyl groups is 1. The van der Waals surface area contributed by atoms with Crippen LogP contribution in [-0.4, -0.2) is 56.8 Å². The molecule has 7 heteroatoms. The number of hydrogen-bond acceptors (Lipinski definition) is 4. The predicted molar refractivity (Wildman–Crippen MR) is 75.5 cm³/mol. The summed E-state index contributed by atoms with van der Waals surface area (Å²) < 4.78 is 33.4. The third kappa shape index (κ3) is 4.26. The molecule has 1 fully saturated rings. The molecule has 1 aliphatic rings. The molecule has 112 valence electrons. The van der Waals surface area contributed by atoms with Crippen LogP contribution in [0.25, 0.3) is 0 Å². The number of morpholine rings is 1. The van der Waals surface area contributed by atoms with Crippen LogP contribution < -0.4 is 4.72 Å². The fourth-order valence-electron chi connectivity index (χ4n) is 2.11. The molecule has 0 saturated carbocycles. The Kier molecular flexibility index (Phi) is 5.50. The quantitative estimate of drug-likeness (QED) is 0.760. The van der Waals surface area contributed by atoms with Crippen molar-refractivity contribution in [3.8, 4) is 0 Å². The molecule has 0 aromatic heterocycles. The number of nitrogens with one attached hydrogen (secondary N) is 1. The molecule has 6 nitrogen and oxygen atoms in total. The zero-order valence-corrected chi connectivity index (χ0v) is 12.1. The first-order valence-electron chi connectivity index (χ1n) is 6.62. The standard InChI is InChI=1S/C13H20N2O4S/c16-11-13(10-12-4-2-1-3-5-12)14-20(17,18)15-6-8-19-9-7-15/h1-5,13-14,16H,6-11H2/t13-/m0/s1. The van der Waals surface area contributed by atoms with Gasteiger partial charge in [0.15, 0.2) is 0 Å². The molecule has 1 heterocycles. The van der Waals surface area contributed by atoms with Gasteiger partial charge in [-0.15, -0.1) is 0 Å². The highest BCUT2D eigenvalue weighted by Crippen LogP contribution is 2.07. The lowest BCUT2D eigenvalue weighted by molar-refractivity contribution is 0.0721. The fraction of sp³-hybridized carbons (Fsp3) is 0.538. The van der Waals surface area contributed by atoms with Crippen molar-refractivity contribution in [3.63, 3.8) is 0 Å². The molecule has 0 spiro atoms. The number of nitrogens with zero attached hydrogens (tertiary/aromatic N) is 1. The SMILES string of the molecule is O=S(=O)(N[C@H](CO)Cc1ccccc1)N1CCOCC1. The van der Waals surface area contributed by atoms with Crippen molar-refractivity contribution >= 4 is 10.2 Å².